The number of nitrogens with zero attached hydrogens (tertiary/aromatic N) is 3. The lowest BCUT2D eigenvalue weighted by molar-refractivity contribution is 0.581. The third-order valence-corrected chi connectivity index (χ3v) is 2.87. The van der Waals surface area contributed by atoms with E-state index in [9.17, 15) is 4.39 Å². The maximum atomic E-state index is 13.8. The number of halogens is 1. The predicted octanol–water partition coefficient (Wildman–Crippen LogP) is 0.852. The molecule has 0 bridgehead atoms. The van der Waals surface area contributed by atoms with Gasteiger partial charge in [0.2, 0.25) is 0 Å². The van der Waals surface area contributed by atoms with Crippen molar-refractivity contribution < 1.29 is 4.39 Å². The van der Waals surface area contributed by atoms with Gasteiger partial charge in [0.25, 0.3) is 0 Å². The monoisotopic (exact) mass is 210 g/mol. The first-order valence-corrected chi connectivity index (χ1v) is 5.18. The molecule has 1 aliphatic rings. The number of hydrogen-bond acceptors (Lipinski definition) is 4. The Balaban J connectivity index is 2.32. The Morgan fingerprint density at radius 3 is 3.13 bits per heavy atom. The maximum Gasteiger partial charge on any atom is 0.186 e. The highest BCUT2D eigenvalue weighted by molar-refractivity contribution is 5.43. The summed E-state index contributed by atoms with van der Waals surface area (Å²) in [5, 5.41) is 0. The fourth-order valence-corrected chi connectivity index (χ4v) is 2.01. The number of aromatic nitrogens is 2. The van der Waals surface area contributed by atoms with Crippen LogP contribution in [-0.4, -0.2) is 29.1 Å². The fraction of sp³-hybridized carbons (Fsp3) is 0.600. The van der Waals surface area contributed by atoms with Crippen molar-refractivity contribution in [2.45, 2.75) is 25.8 Å². The molecule has 2 rings (SSSR count). The molecule has 0 aliphatic carbocycles. The normalized spacial score (nSPS) is 21.0. The van der Waals surface area contributed by atoms with Gasteiger partial charge < -0.3 is 10.6 Å². The van der Waals surface area contributed by atoms with E-state index in [0.29, 0.717) is 18.1 Å². The van der Waals surface area contributed by atoms with E-state index in [-0.39, 0.29) is 11.9 Å². The van der Waals surface area contributed by atoms with E-state index in [1.165, 1.54) is 6.33 Å². The Kier molecular flexibility index (Phi) is 2.81. The van der Waals surface area contributed by atoms with E-state index < -0.39 is 0 Å². The van der Waals surface area contributed by atoms with E-state index in [4.69, 9.17) is 5.73 Å². The summed E-state index contributed by atoms with van der Waals surface area (Å²) in [5.41, 5.74) is 6.03. The average Bonchev–Trinajstić information content (AvgIpc) is 2.70. The molecule has 82 valence electrons. The summed E-state index contributed by atoms with van der Waals surface area (Å²) in [5.74, 6) is 0.0771. The quantitative estimate of drug-likeness (QED) is 0.786. The van der Waals surface area contributed by atoms with Gasteiger partial charge in [0, 0.05) is 19.1 Å². The van der Waals surface area contributed by atoms with Crippen LogP contribution >= 0.6 is 0 Å². The average molecular weight is 210 g/mol. The molecule has 1 aromatic rings. The molecule has 1 aromatic heterocycles. The van der Waals surface area contributed by atoms with Crippen LogP contribution in [0.5, 0.6) is 0 Å². The summed E-state index contributed by atoms with van der Waals surface area (Å²) in [4.78, 5) is 9.77. The summed E-state index contributed by atoms with van der Waals surface area (Å²) in [7, 11) is 0. The van der Waals surface area contributed by atoms with Gasteiger partial charge in [-0.25, -0.2) is 14.4 Å². The second-order valence-corrected chi connectivity index (χ2v) is 3.82. The van der Waals surface area contributed by atoms with Gasteiger partial charge in [-0.2, -0.15) is 0 Å². The minimum atomic E-state index is -0.321. The lowest BCUT2D eigenvalue weighted by atomic mass is 10.2. The Morgan fingerprint density at radius 2 is 2.40 bits per heavy atom. The zero-order valence-electron chi connectivity index (χ0n) is 8.78. The summed E-state index contributed by atoms with van der Waals surface area (Å²) in [6.45, 7) is 3.02. The molecular weight excluding hydrogens is 195 g/mol. The minimum absolute atomic E-state index is 0.216. The van der Waals surface area contributed by atoms with Crippen molar-refractivity contribution in [2.75, 3.05) is 18.0 Å². The molecule has 1 saturated heterocycles. The Morgan fingerprint density at radius 1 is 1.60 bits per heavy atom. The number of rotatable bonds is 2. The highest BCUT2D eigenvalue weighted by Gasteiger charge is 2.27. The van der Waals surface area contributed by atoms with Crippen LogP contribution in [-0.2, 0) is 0 Å². The van der Waals surface area contributed by atoms with E-state index in [1.807, 2.05) is 4.90 Å². The molecule has 1 aliphatic heterocycles. The predicted molar refractivity (Wildman–Crippen MR) is 56.1 cm³/mol. The van der Waals surface area contributed by atoms with Crippen molar-refractivity contribution in [3.63, 3.8) is 0 Å². The number of aryl methyl sites for hydroxylation is 1. The highest BCUT2D eigenvalue weighted by Crippen LogP contribution is 2.25. The van der Waals surface area contributed by atoms with Crippen LogP contribution in [0.25, 0.3) is 0 Å². The van der Waals surface area contributed by atoms with Crippen LogP contribution < -0.4 is 10.6 Å². The lowest BCUT2D eigenvalue weighted by Crippen LogP contribution is -2.36. The van der Waals surface area contributed by atoms with Crippen molar-refractivity contribution >= 4 is 5.82 Å². The first-order valence-electron chi connectivity index (χ1n) is 5.18. The molecule has 1 unspecified atom stereocenters. The van der Waals surface area contributed by atoms with Gasteiger partial charge in [-0.3, -0.25) is 0 Å². The molecular formula is C10H15FN4. The van der Waals surface area contributed by atoms with Gasteiger partial charge in [-0.1, -0.05) is 0 Å². The van der Waals surface area contributed by atoms with E-state index in [2.05, 4.69) is 9.97 Å². The van der Waals surface area contributed by atoms with Gasteiger partial charge in [-0.05, 0) is 19.8 Å². The molecule has 2 N–H and O–H groups in total. The molecule has 4 nitrogen and oxygen atoms in total. The van der Waals surface area contributed by atoms with Crippen LogP contribution in [0, 0.1) is 12.7 Å². The molecule has 0 spiro atoms. The van der Waals surface area contributed by atoms with Crippen LogP contribution in [0.15, 0.2) is 6.33 Å². The standard InChI is InChI=1S/C10H15FN4/c1-7-9(11)10(14-6-13-7)15-4-2-3-8(15)5-12/h6,8H,2-5,12H2,1H3. The summed E-state index contributed by atoms with van der Waals surface area (Å²) >= 11 is 0. The first-order chi connectivity index (χ1) is 7.24. The molecule has 1 fully saturated rings. The molecule has 0 saturated carbocycles. The zero-order valence-corrected chi connectivity index (χ0v) is 8.78. The Hall–Kier alpha value is -1.23. The minimum Gasteiger partial charge on any atom is -0.350 e. The zero-order chi connectivity index (χ0) is 10.8. The largest absolute Gasteiger partial charge is 0.350 e. The topological polar surface area (TPSA) is 55.0 Å². The SMILES string of the molecule is Cc1ncnc(N2CCCC2CN)c1F. The van der Waals surface area contributed by atoms with Crippen molar-refractivity contribution in [1.29, 1.82) is 0 Å². The number of hydrogen-bond donors (Lipinski definition) is 1. The molecule has 0 amide bonds. The van der Waals surface area contributed by atoms with E-state index >= 15 is 0 Å². The van der Waals surface area contributed by atoms with Crippen LogP contribution in [0.1, 0.15) is 18.5 Å². The molecule has 0 aromatic carbocycles. The van der Waals surface area contributed by atoms with Crippen molar-refractivity contribution in [1.82, 2.24) is 9.97 Å². The summed E-state index contributed by atoms with van der Waals surface area (Å²) < 4.78 is 13.8. The lowest BCUT2D eigenvalue weighted by Gasteiger charge is -2.24. The van der Waals surface area contributed by atoms with Gasteiger partial charge >= 0.3 is 0 Å². The van der Waals surface area contributed by atoms with Gasteiger partial charge in [0.1, 0.15) is 6.33 Å². The van der Waals surface area contributed by atoms with E-state index in [1.54, 1.807) is 6.92 Å². The second kappa shape index (κ2) is 4.10. The van der Waals surface area contributed by atoms with Crippen LogP contribution in [0.3, 0.4) is 0 Å². The molecule has 0 radical (unpaired) electrons. The number of anilines is 1. The summed E-state index contributed by atoms with van der Waals surface area (Å²) in [6, 6.07) is 0.216. The van der Waals surface area contributed by atoms with Crippen molar-refractivity contribution in [3.8, 4) is 0 Å². The van der Waals surface area contributed by atoms with Gasteiger partial charge in [0.15, 0.2) is 11.6 Å². The molecule has 1 atom stereocenters. The third kappa shape index (κ3) is 1.79. The van der Waals surface area contributed by atoms with Crippen LogP contribution in [0.4, 0.5) is 10.2 Å². The smallest absolute Gasteiger partial charge is 0.186 e. The van der Waals surface area contributed by atoms with Gasteiger partial charge in [0.05, 0.1) is 5.69 Å². The molecule has 2 heterocycles. The second-order valence-electron chi connectivity index (χ2n) is 3.82. The van der Waals surface area contributed by atoms with Crippen molar-refractivity contribution in [3.05, 3.63) is 17.8 Å². The third-order valence-electron chi connectivity index (χ3n) is 2.87. The summed E-state index contributed by atoms with van der Waals surface area (Å²) in [6.07, 6.45) is 3.46. The fourth-order valence-electron chi connectivity index (χ4n) is 2.01. The maximum absolute atomic E-state index is 13.8. The highest BCUT2D eigenvalue weighted by atomic mass is 19.1. The van der Waals surface area contributed by atoms with Gasteiger partial charge in [-0.15, -0.1) is 0 Å². The van der Waals surface area contributed by atoms with E-state index in [0.717, 1.165) is 19.4 Å². The number of nitrogens with two attached hydrogens (primary N) is 1. The Labute approximate surface area is 88.3 Å². The first kappa shape index (κ1) is 10.3. The van der Waals surface area contributed by atoms with Crippen LogP contribution in [0.2, 0.25) is 0 Å². The molecule has 5 heteroatoms. The Bertz CT molecular complexity index is 355. The molecule has 15 heavy (non-hydrogen) atoms. The van der Waals surface area contributed by atoms with Crippen molar-refractivity contribution in [2.24, 2.45) is 5.73 Å².